The van der Waals surface area contributed by atoms with Gasteiger partial charge in [-0.1, -0.05) is 6.07 Å². The average Bonchev–Trinajstić information content (AvgIpc) is 3.60. The molecule has 0 aliphatic carbocycles. The molecule has 0 radical (unpaired) electrons. The van der Waals surface area contributed by atoms with Gasteiger partial charge in [-0.2, -0.15) is 5.26 Å². The summed E-state index contributed by atoms with van der Waals surface area (Å²) in [5.74, 6) is 0.369. The number of nitriles is 1. The Morgan fingerprint density at radius 2 is 2.14 bits per heavy atom. The SMILES string of the molecule is N#Cc1cnc2cc(OC3CCOC3)c([N+](=O)[O-])cc2c1Nc1cnc(CC(=O)c2cccs2)nc1. The summed E-state index contributed by atoms with van der Waals surface area (Å²) in [4.78, 5) is 37.0. The lowest BCUT2D eigenvalue weighted by atomic mass is 10.1. The Bertz CT molecular complexity index is 1480. The first kappa shape index (κ1) is 23.3. The first-order chi connectivity index (χ1) is 17.5. The molecular weight excluding hydrogens is 484 g/mol. The van der Waals surface area contributed by atoms with Gasteiger partial charge in [-0.3, -0.25) is 19.9 Å². The van der Waals surface area contributed by atoms with Crippen molar-refractivity contribution in [2.24, 2.45) is 0 Å². The number of carbonyl (C=O) groups excluding carboxylic acids is 1. The zero-order chi connectivity index (χ0) is 25.1. The van der Waals surface area contributed by atoms with E-state index in [1.54, 1.807) is 12.1 Å². The number of nitro benzene ring substituents is 1. The number of rotatable bonds is 8. The van der Waals surface area contributed by atoms with Gasteiger partial charge < -0.3 is 14.8 Å². The van der Waals surface area contributed by atoms with Crippen molar-refractivity contribution in [3.63, 3.8) is 0 Å². The number of Topliss-reactive ketones (excluding diaryl/α,β-unsaturated/α-hetero) is 1. The van der Waals surface area contributed by atoms with Gasteiger partial charge in [-0.15, -0.1) is 11.3 Å². The van der Waals surface area contributed by atoms with Crippen LogP contribution in [0.15, 0.2) is 48.2 Å². The first-order valence-electron chi connectivity index (χ1n) is 10.9. The third-order valence-corrected chi connectivity index (χ3v) is 6.45. The van der Waals surface area contributed by atoms with Gasteiger partial charge in [-0.05, 0) is 11.4 Å². The Kier molecular flexibility index (Phi) is 6.48. The molecule has 1 N–H and O–H groups in total. The molecule has 180 valence electrons. The van der Waals surface area contributed by atoms with E-state index in [1.807, 2.05) is 5.38 Å². The number of pyridine rings is 1. The molecule has 11 nitrogen and oxygen atoms in total. The van der Waals surface area contributed by atoms with E-state index in [1.165, 1.54) is 42.1 Å². The molecule has 0 bridgehead atoms. The van der Waals surface area contributed by atoms with Gasteiger partial charge in [0.1, 0.15) is 18.0 Å². The molecule has 0 saturated carbocycles. The van der Waals surface area contributed by atoms with E-state index in [4.69, 9.17) is 9.47 Å². The summed E-state index contributed by atoms with van der Waals surface area (Å²) in [6.07, 6.45) is 4.78. The topological polar surface area (TPSA) is 153 Å². The lowest BCUT2D eigenvalue weighted by molar-refractivity contribution is -0.385. The van der Waals surface area contributed by atoms with Crippen LogP contribution in [0.1, 0.15) is 27.5 Å². The van der Waals surface area contributed by atoms with Crippen LogP contribution in [0.25, 0.3) is 10.9 Å². The number of hydrogen-bond donors (Lipinski definition) is 1. The van der Waals surface area contributed by atoms with Crippen molar-refractivity contribution in [1.29, 1.82) is 5.26 Å². The van der Waals surface area contributed by atoms with E-state index in [2.05, 4.69) is 26.3 Å². The number of aromatic nitrogens is 3. The summed E-state index contributed by atoms with van der Waals surface area (Å²) >= 11 is 1.36. The van der Waals surface area contributed by atoms with Crippen molar-refractivity contribution in [3.8, 4) is 11.8 Å². The molecule has 1 atom stereocenters. The predicted octanol–water partition coefficient (Wildman–Crippen LogP) is 4.20. The standard InChI is InChI=1S/C24H18N6O5S/c25-9-14-10-26-18-7-21(35-16-3-4-34-13-16)19(30(32)33)6-17(18)24(14)29-15-11-27-23(28-12-15)8-20(31)22-2-1-5-36-22/h1-2,5-7,10-12,16H,3-4,8,13H2,(H,26,29). The molecule has 4 heterocycles. The van der Waals surface area contributed by atoms with Crippen LogP contribution in [0.4, 0.5) is 17.1 Å². The molecule has 0 amide bonds. The van der Waals surface area contributed by atoms with Gasteiger partial charge in [0, 0.05) is 30.1 Å². The Labute approximate surface area is 208 Å². The molecule has 1 aliphatic heterocycles. The molecule has 1 fully saturated rings. The van der Waals surface area contributed by atoms with E-state index in [9.17, 15) is 20.2 Å². The van der Waals surface area contributed by atoms with Crippen molar-refractivity contribution in [2.45, 2.75) is 18.9 Å². The van der Waals surface area contributed by atoms with E-state index in [0.717, 1.165) is 0 Å². The van der Waals surface area contributed by atoms with Gasteiger partial charge in [0.15, 0.2) is 11.5 Å². The lowest BCUT2D eigenvalue weighted by Gasteiger charge is -2.15. The maximum Gasteiger partial charge on any atom is 0.311 e. The molecule has 0 spiro atoms. The van der Waals surface area contributed by atoms with Crippen LogP contribution in [-0.2, 0) is 11.2 Å². The van der Waals surface area contributed by atoms with Crippen molar-refractivity contribution in [1.82, 2.24) is 15.0 Å². The monoisotopic (exact) mass is 502 g/mol. The van der Waals surface area contributed by atoms with Crippen LogP contribution in [0.3, 0.4) is 0 Å². The van der Waals surface area contributed by atoms with Crippen molar-refractivity contribution < 1.29 is 19.2 Å². The summed E-state index contributed by atoms with van der Waals surface area (Å²) < 4.78 is 11.1. The highest BCUT2D eigenvalue weighted by Gasteiger charge is 2.25. The fourth-order valence-electron chi connectivity index (χ4n) is 3.77. The zero-order valence-corrected chi connectivity index (χ0v) is 19.5. The quantitative estimate of drug-likeness (QED) is 0.211. The number of benzene rings is 1. The Morgan fingerprint density at radius 1 is 1.31 bits per heavy atom. The maximum absolute atomic E-state index is 12.3. The number of nitrogens with one attached hydrogen (secondary N) is 1. The van der Waals surface area contributed by atoms with E-state index in [0.29, 0.717) is 52.6 Å². The number of hydrogen-bond acceptors (Lipinski definition) is 11. The Balaban J connectivity index is 1.45. The fourth-order valence-corrected chi connectivity index (χ4v) is 4.44. The third kappa shape index (κ3) is 4.83. The minimum absolute atomic E-state index is 0.0590. The minimum Gasteiger partial charge on any atom is -0.481 e. The van der Waals surface area contributed by atoms with Gasteiger partial charge in [-0.25, -0.2) is 9.97 Å². The molecule has 1 unspecified atom stereocenters. The third-order valence-electron chi connectivity index (χ3n) is 5.54. The summed E-state index contributed by atoms with van der Waals surface area (Å²) in [6.45, 7) is 0.894. The van der Waals surface area contributed by atoms with Crippen LogP contribution in [0.2, 0.25) is 0 Å². The highest BCUT2D eigenvalue weighted by atomic mass is 32.1. The number of ether oxygens (including phenoxy) is 2. The number of carbonyl (C=O) groups is 1. The Morgan fingerprint density at radius 3 is 2.81 bits per heavy atom. The van der Waals surface area contributed by atoms with Crippen molar-refractivity contribution >= 4 is 45.1 Å². The molecule has 1 aromatic carbocycles. The van der Waals surface area contributed by atoms with Crippen molar-refractivity contribution in [2.75, 3.05) is 18.5 Å². The first-order valence-corrected chi connectivity index (χ1v) is 11.8. The Hall–Kier alpha value is -4.47. The van der Waals surface area contributed by atoms with Gasteiger partial charge in [0.2, 0.25) is 0 Å². The van der Waals surface area contributed by atoms with Crippen LogP contribution in [0.5, 0.6) is 5.75 Å². The van der Waals surface area contributed by atoms with Crippen LogP contribution < -0.4 is 10.1 Å². The second-order valence-corrected chi connectivity index (χ2v) is 8.89. The number of anilines is 2. The number of nitro groups is 1. The van der Waals surface area contributed by atoms with Crippen molar-refractivity contribution in [3.05, 3.63) is 74.6 Å². The van der Waals surface area contributed by atoms with E-state index >= 15 is 0 Å². The fraction of sp³-hybridized carbons (Fsp3) is 0.208. The molecule has 1 saturated heterocycles. The highest BCUT2D eigenvalue weighted by molar-refractivity contribution is 7.12. The number of thiophene rings is 1. The van der Waals surface area contributed by atoms with E-state index < -0.39 is 4.92 Å². The highest BCUT2D eigenvalue weighted by Crippen LogP contribution is 2.37. The second-order valence-electron chi connectivity index (χ2n) is 7.95. The minimum atomic E-state index is -0.532. The average molecular weight is 503 g/mol. The molecular formula is C24H18N6O5S. The lowest BCUT2D eigenvalue weighted by Crippen LogP contribution is -2.16. The van der Waals surface area contributed by atoms with Crippen LogP contribution in [-0.4, -0.2) is 45.0 Å². The molecule has 12 heteroatoms. The maximum atomic E-state index is 12.3. The molecule has 1 aliphatic rings. The summed E-state index contributed by atoms with van der Waals surface area (Å²) in [5, 5.41) is 26.7. The summed E-state index contributed by atoms with van der Waals surface area (Å²) in [5.41, 5.74) is 1.12. The van der Waals surface area contributed by atoms with Crippen LogP contribution >= 0.6 is 11.3 Å². The zero-order valence-electron chi connectivity index (χ0n) is 18.7. The largest absolute Gasteiger partial charge is 0.481 e. The number of ketones is 1. The van der Waals surface area contributed by atoms with Gasteiger partial charge in [0.05, 0.1) is 64.3 Å². The van der Waals surface area contributed by atoms with Gasteiger partial charge in [0.25, 0.3) is 0 Å². The van der Waals surface area contributed by atoms with E-state index in [-0.39, 0.29) is 35.3 Å². The number of nitrogens with zero attached hydrogens (tertiary/aromatic N) is 5. The molecule has 3 aromatic heterocycles. The molecule has 4 aromatic rings. The molecule has 5 rings (SSSR count). The normalized spacial score (nSPS) is 14.9. The summed E-state index contributed by atoms with van der Waals surface area (Å²) in [7, 11) is 0. The predicted molar refractivity (Wildman–Crippen MR) is 131 cm³/mol. The van der Waals surface area contributed by atoms with Gasteiger partial charge >= 0.3 is 5.69 Å². The number of fused-ring (bicyclic) bond motifs is 1. The van der Waals surface area contributed by atoms with Crippen LogP contribution in [0, 0.1) is 21.4 Å². The summed E-state index contributed by atoms with van der Waals surface area (Å²) in [6, 6.07) is 8.44. The second kappa shape index (κ2) is 10.0. The molecule has 36 heavy (non-hydrogen) atoms. The smallest absolute Gasteiger partial charge is 0.311 e.